The molecule has 2 aliphatic rings. The molecule has 0 aromatic heterocycles. The standard InChI is InChI=1S/C28H36N4O3/c1-20-14-16-32(17-15-20)28(35)21-10-12-24(13-11-21)30-26(33)19-29-25-9-5-6-22(18-25)27(34)31-23-7-3-2-4-8-23/h5-6,9-13,18,20,23,29H,2-4,7-8,14-17,19H2,1H3,(H,30,33)(H,31,34). The molecule has 1 heterocycles. The molecule has 35 heavy (non-hydrogen) atoms. The highest BCUT2D eigenvalue weighted by molar-refractivity contribution is 5.97. The van der Waals surface area contributed by atoms with Gasteiger partial charge in [-0.15, -0.1) is 0 Å². The van der Waals surface area contributed by atoms with E-state index in [1.54, 1.807) is 36.4 Å². The van der Waals surface area contributed by atoms with Gasteiger partial charge in [0, 0.05) is 41.6 Å². The monoisotopic (exact) mass is 476 g/mol. The molecule has 1 saturated heterocycles. The normalized spacial score (nSPS) is 17.0. The highest BCUT2D eigenvalue weighted by Gasteiger charge is 2.21. The summed E-state index contributed by atoms with van der Waals surface area (Å²) >= 11 is 0. The van der Waals surface area contributed by atoms with Gasteiger partial charge in [-0.05, 0) is 74.1 Å². The number of piperidine rings is 1. The third-order valence-electron chi connectivity index (χ3n) is 7.00. The summed E-state index contributed by atoms with van der Waals surface area (Å²) in [5.74, 6) is 0.445. The van der Waals surface area contributed by atoms with Crippen molar-refractivity contribution in [3.63, 3.8) is 0 Å². The average molecular weight is 477 g/mol. The van der Waals surface area contributed by atoms with Gasteiger partial charge in [-0.1, -0.05) is 32.3 Å². The van der Waals surface area contributed by atoms with Gasteiger partial charge in [-0.2, -0.15) is 0 Å². The summed E-state index contributed by atoms with van der Waals surface area (Å²) in [6.45, 7) is 3.89. The zero-order valence-corrected chi connectivity index (χ0v) is 20.5. The molecule has 7 nitrogen and oxygen atoms in total. The summed E-state index contributed by atoms with van der Waals surface area (Å²) in [6.07, 6.45) is 7.74. The second-order valence-corrected chi connectivity index (χ2v) is 9.84. The van der Waals surface area contributed by atoms with E-state index >= 15 is 0 Å². The number of carbonyl (C=O) groups is 3. The lowest BCUT2D eigenvalue weighted by Crippen LogP contribution is -2.37. The molecule has 4 rings (SSSR count). The van der Waals surface area contributed by atoms with Crippen molar-refractivity contribution in [3.8, 4) is 0 Å². The number of anilines is 2. The summed E-state index contributed by atoms with van der Waals surface area (Å²) in [5.41, 5.74) is 2.58. The van der Waals surface area contributed by atoms with E-state index in [1.165, 1.54) is 19.3 Å². The number of rotatable bonds is 7. The first kappa shape index (κ1) is 24.8. The molecule has 3 amide bonds. The highest BCUT2D eigenvalue weighted by Crippen LogP contribution is 2.20. The lowest BCUT2D eigenvalue weighted by atomic mass is 9.95. The van der Waals surface area contributed by atoms with E-state index in [2.05, 4.69) is 22.9 Å². The largest absolute Gasteiger partial charge is 0.376 e. The number of hydrogen-bond donors (Lipinski definition) is 3. The van der Waals surface area contributed by atoms with Crippen LogP contribution in [0.3, 0.4) is 0 Å². The minimum absolute atomic E-state index is 0.0452. The topological polar surface area (TPSA) is 90.5 Å². The Balaban J connectivity index is 1.25. The molecule has 186 valence electrons. The van der Waals surface area contributed by atoms with Crippen molar-refractivity contribution in [1.29, 1.82) is 0 Å². The summed E-state index contributed by atoms with van der Waals surface area (Å²) in [6, 6.07) is 14.5. The quantitative estimate of drug-likeness (QED) is 0.542. The van der Waals surface area contributed by atoms with Crippen molar-refractivity contribution in [2.24, 2.45) is 5.92 Å². The van der Waals surface area contributed by atoms with Crippen molar-refractivity contribution >= 4 is 29.1 Å². The van der Waals surface area contributed by atoms with E-state index in [0.29, 0.717) is 28.4 Å². The molecule has 1 aliphatic carbocycles. The molecule has 0 atom stereocenters. The third-order valence-corrected chi connectivity index (χ3v) is 7.00. The van der Waals surface area contributed by atoms with Gasteiger partial charge in [0.05, 0.1) is 6.54 Å². The van der Waals surface area contributed by atoms with Gasteiger partial charge in [-0.3, -0.25) is 14.4 Å². The van der Waals surface area contributed by atoms with Gasteiger partial charge in [0.25, 0.3) is 11.8 Å². The summed E-state index contributed by atoms with van der Waals surface area (Å²) in [5, 5.41) is 9.06. The molecule has 0 bridgehead atoms. The van der Waals surface area contributed by atoms with Crippen molar-refractivity contribution in [1.82, 2.24) is 10.2 Å². The van der Waals surface area contributed by atoms with Crippen LogP contribution in [-0.2, 0) is 4.79 Å². The second-order valence-electron chi connectivity index (χ2n) is 9.84. The number of carbonyl (C=O) groups excluding carboxylic acids is 3. The number of amides is 3. The Bertz CT molecular complexity index is 1020. The fourth-order valence-electron chi connectivity index (χ4n) is 4.76. The maximum Gasteiger partial charge on any atom is 0.253 e. The van der Waals surface area contributed by atoms with E-state index in [0.717, 1.165) is 38.8 Å². The zero-order chi connectivity index (χ0) is 24.6. The van der Waals surface area contributed by atoms with Crippen LogP contribution in [0.5, 0.6) is 0 Å². The van der Waals surface area contributed by atoms with Crippen LogP contribution in [0.2, 0.25) is 0 Å². The first-order valence-corrected chi connectivity index (χ1v) is 12.8. The molecule has 2 aromatic carbocycles. The van der Waals surface area contributed by atoms with E-state index < -0.39 is 0 Å². The van der Waals surface area contributed by atoms with Crippen LogP contribution in [0.4, 0.5) is 11.4 Å². The molecular formula is C28H36N4O3. The van der Waals surface area contributed by atoms with Crippen molar-refractivity contribution in [2.75, 3.05) is 30.3 Å². The van der Waals surface area contributed by atoms with Gasteiger partial charge in [0.1, 0.15) is 0 Å². The van der Waals surface area contributed by atoms with Crippen LogP contribution in [0.1, 0.15) is 72.6 Å². The number of benzene rings is 2. The first-order chi connectivity index (χ1) is 17.0. The third kappa shape index (κ3) is 7.07. The van der Waals surface area contributed by atoms with Crippen LogP contribution < -0.4 is 16.0 Å². The van der Waals surface area contributed by atoms with Crippen molar-refractivity contribution in [3.05, 3.63) is 59.7 Å². The molecule has 2 aromatic rings. The Labute approximate surface area is 207 Å². The molecule has 1 aliphatic heterocycles. The fraction of sp³-hybridized carbons (Fsp3) is 0.464. The lowest BCUT2D eigenvalue weighted by Gasteiger charge is -2.30. The molecule has 0 radical (unpaired) electrons. The van der Waals surface area contributed by atoms with Crippen LogP contribution in [0.15, 0.2) is 48.5 Å². The van der Waals surface area contributed by atoms with Crippen LogP contribution in [0.25, 0.3) is 0 Å². The van der Waals surface area contributed by atoms with Gasteiger partial charge in [0.2, 0.25) is 5.91 Å². The van der Waals surface area contributed by atoms with Gasteiger partial charge >= 0.3 is 0 Å². The predicted octanol–water partition coefficient (Wildman–Crippen LogP) is 4.67. The maximum absolute atomic E-state index is 12.7. The lowest BCUT2D eigenvalue weighted by molar-refractivity contribution is -0.114. The summed E-state index contributed by atoms with van der Waals surface area (Å²) in [4.78, 5) is 39.6. The number of hydrogen-bond acceptors (Lipinski definition) is 4. The number of nitrogens with one attached hydrogen (secondary N) is 3. The van der Waals surface area contributed by atoms with E-state index in [1.807, 2.05) is 17.0 Å². The molecule has 1 saturated carbocycles. The Morgan fingerprint density at radius 2 is 1.57 bits per heavy atom. The van der Waals surface area contributed by atoms with Crippen LogP contribution >= 0.6 is 0 Å². The molecule has 0 unspecified atom stereocenters. The Morgan fingerprint density at radius 3 is 2.29 bits per heavy atom. The zero-order valence-electron chi connectivity index (χ0n) is 20.5. The minimum atomic E-state index is -0.203. The number of nitrogens with zero attached hydrogens (tertiary/aromatic N) is 1. The summed E-state index contributed by atoms with van der Waals surface area (Å²) in [7, 11) is 0. The number of likely N-dealkylation sites (tertiary alicyclic amines) is 1. The van der Waals surface area contributed by atoms with Crippen molar-refractivity contribution in [2.45, 2.75) is 57.9 Å². The average Bonchev–Trinajstić information content (AvgIpc) is 2.89. The van der Waals surface area contributed by atoms with Gasteiger partial charge < -0.3 is 20.9 Å². The molecular weight excluding hydrogens is 440 g/mol. The van der Waals surface area contributed by atoms with Gasteiger partial charge in [0.15, 0.2) is 0 Å². The highest BCUT2D eigenvalue weighted by atomic mass is 16.2. The SMILES string of the molecule is CC1CCN(C(=O)c2ccc(NC(=O)CNc3cccc(C(=O)NC4CCCCC4)c3)cc2)CC1. The smallest absolute Gasteiger partial charge is 0.253 e. The van der Waals surface area contributed by atoms with Gasteiger partial charge in [-0.25, -0.2) is 0 Å². The van der Waals surface area contributed by atoms with E-state index in [4.69, 9.17) is 0 Å². The molecule has 7 heteroatoms. The van der Waals surface area contributed by atoms with Crippen LogP contribution in [0, 0.1) is 5.92 Å². The predicted molar refractivity (Wildman–Crippen MR) is 139 cm³/mol. The second kappa shape index (κ2) is 11.9. The Morgan fingerprint density at radius 1 is 0.857 bits per heavy atom. The maximum atomic E-state index is 12.7. The molecule has 2 fully saturated rings. The Hall–Kier alpha value is -3.35. The van der Waals surface area contributed by atoms with Crippen molar-refractivity contribution < 1.29 is 14.4 Å². The fourth-order valence-corrected chi connectivity index (χ4v) is 4.76. The Kier molecular flexibility index (Phi) is 8.40. The first-order valence-electron chi connectivity index (χ1n) is 12.8. The summed E-state index contributed by atoms with van der Waals surface area (Å²) < 4.78 is 0. The molecule has 3 N–H and O–H groups in total. The van der Waals surface area contributed by atoms with E-state index in [9.17, 15) is 14.4 Å². The molecule has 0 spiro atoms. The van der Waals surface area contributed by atoms with E-state index in [-0.39, 0.29) is 30.3 Å². The minimum Gasteiger partial charge on any atom is -0.376 e. The van der Waals surface area contributed by atoms with Crippen LogP contribution in [-0.4, -0.2) is 48.3 Å².